The van der Waals surface area contributed by atoms with Crippen molar-refractivity contribution >= 4 is 50.9 Å². The van der Waals surface area contributed by atoms with Crippen LogP contribution in [0.1, 0.15) is 82.4 Å². The lowest BCUT2D eigenvalue weighted by Gasteiger charge is -2.20. The number of furan rings is 1. The molecule has 5 rings (SSSR count). The molecule has 0 unspecified atom stereocenters. The summed E-state index contributed by atoms with van der Waals surface area (Å²) in [5.74, 6) is 0.870. The average Bonchev–Trinajstić information content (AvgIpc) is 3.36. The van der Waals surface area contributed by atoms with E-state index in [1.807, 2.05) is 36.0 Å². The summed E-state index contributed by atoms with van der Waals surface area (Å²) in [5, 5.41) is 5.17. The van der Waals surface area contributed by atoms with Gasteiger partial charge in [0.05, 0.1) is 5.56 Å². The highest BCUT2D eigenvalue weighted by atomic mass is 32.2. The highest BCUT2D eigenvalue weighted by Crippen LogP contribution is 2.40. The molecule has 0 radical (unpaired) electrons. The number of anilines is 1. The van der Waals surface area contributed by atoms with E-state index in [0.717, 1.165) is 52.0 Å². The Hall–Kier alpha value is -2.25. The molecular formula is C26H30N2O3S2. The summed E-state index contributed by atoms with van der Waals surface area (Å²) >= 11 is 3.41. The standard InChI is InChI=1S/C26H30N2O3S2/c1-15-11-12-18-21(13-15)33-26(22(18)24(27)29)28-25(30)23-19(14-32-16-7-3-2-4-8-16)17-9-5-6-10-20(17)31-23/h5-6,9-10,15-16H,2-4,7-8,11-14H2,1H3,(H2,27,29)(H,28,30)/t15-/m0/s1. The Morgan fingerprint density at radius 3 is 2.76 bits per heavy atom. The smallest absolute Gasteiger partial charge is 0.292 e. The van der Waals surface area contributed by atoms with Gasteiger partial charge in [0, 0.05) is 26.8 Å². The third-order valence-electron chi connectivity index (χ3n) is 6.91. The van der Waals surface area contributed by atoms with E-state index in [0.29, 0.717) is 27.5 Å². The number of carbonyl (C=O) groups excluding carboxylic acids is 2. The zero-order valence-corrected chi connectivity index (χ0v) is 20.6. The van der Waals surface area contributed by atoms with Gasteiger partial charge >= 0.3 is 0 Å². The van der Waals surface area contributed by atoms with Gasteiger partial charge in [-0.15, -0.1) is 11.3 Å². The number of nitrogens with one attached hydrogen (secondary N) is 1. The summed E-state index contributed by atoms with van der Waals surface area (Å²) in [6, 6.07) is 7.83. The zero-order valence-electron chi connectivity index (χ0n) is 18.9. The minimum Gasteiger partial charge on any atom is -0.451 e. The Balaban J connectivity index is 1.45. The maximum Gasteiger partial charge on any atom is 0.292 e. The number of amides is 2. The van der Waals surface area contributed by atoms with Crippen LogP contribution in [0.15, 0.2) is 28.7 Å². The van der Waals surface area contributed by atoms with Crippen LogP contribution in [0.25, 0.3) is 11.0 Å². The number of rotatable bonds is 6. The fourth-order valence-corrected chi connectivity index (χ4v) is 7.88. The number of para-hydroxylation sites is 1. The van der Waals surface area contributed by atoms with Crippen LogP contribution in [0, 0.1) is 5.92 Å². The maximum atomic E-state index is 13.4. The second-order valence-corrected chi connectivity index (χ2v) is 11.7. The van der Waals surface area contributed by atoms with Gasteiger partial charge in [-0.3, -0.25) is 9.59 Å². The summed E-state index contributed by atoms with van der Waals surface area (Å²) in [4.78, 5) is 26.9. The number of benzene rings is 1. The molecule has 0 bridgehead atoms. The largest absolute Gasteiger partial charge is 0.451 e. The van der Waals surface area contributed by atoms with E-state index in [-0.39, 0.29) is 5.91 Å². The van der Waals surface area contributed by atoms with E-state index >= 15 is 0 Å². The number of nitrogens with two attached hydrogens (primary N) is 1. The van der Waals surface area contributed by atoms with E-state index in [2.05, 4.69) is 12.2 Å². The molecule has 2 aliphatic carbocycles. The first kappa shape index (κ1) is 22.5. The van der Waals surface area contributed by atoms with E-state index < -0.39 is 5.91 Å². The van der Waals surface area contributed by atoms with Crippen molar-refractivity contribution < 1.29 is 14.0 Å². The molecule has 0 aliphatic heterocycles. The molecule has 1 aromatic carbocycles. The fraction of sp³-hybridized carbons (Fsp3) is 0.462. The first-order chi connectivity index (χ1) is 16.0. The summed E-state index contributed by atoms with van der Waals surface area (Å²) in [7, 11) is 0. The SMILES string of the molecule is C[C@H]1CCc2c(sc(NC(=O)c3oc4ccccc4c3CSC3CCCCC3)c2C(N)=O)C1. The topological polar surface area (TPSA) is 85.3 Å². The molecule has 2 aromatic heterocycles. The van der Waals surface area contributed by atoms with Crippen molar-refractivity contribution in [3.63, 3.8) is 0 Å². The Labute approximate surface area is 202 Å². The molecule has 1 saturated carbocycles. The van der Waals surface area contributed by atoms with Gasteiger partial charge in [0.15, 0.2) is 5.76 Å². The molecule has 1 atom stereocenters. The van der Waals surface area contributed by atoms with Crippen molar-refractivity contribution in [2.45, 2.75) is 69.3 Å². The zero-order chi connectivity index (χ0) is 22.9. The molecule has 33 heavy (non-hydrogen) atoms. The number of fused-ring (bicyclic) bond motifs is 2. The summed E-state index contributed by atoms with van der Waals surface area (Å²) < 4.78 is 6.06. The van der Waals surface area contributed by atoms with Crippen molar-refractivity contribution in [3.05, 3.63) is 51.6 Å². The van der Waals surface area contributed by atoms with Crippen LogP contribution in [0.4, 0.5) is 5.00 Å². The van der Waals surface area contributed by atoms with Crippen LogP contribution in [-0.2, 0) is 18.6 Å². The van der Waals surface area contributed by atoms with Crippen molar-refractivity contribution in [1.82, 2.24) is 0 Å². The lowest BCUT2D eigenvalue weighted by molar-refractivity contribution is 0.0998. The predicted octanol–water partition coefficient (Wildman–Crippen LogP) is 6.54. The Morgan fingerprint density at radius 1 is 1.18 bits per heavy atom. The molecule has 174 valence electrons. The number of carbonyl (C=O) groups is 2. The van der Waals surface area contributed by atoms with Gasteiger partial charge in [0.2, 0.25) is 0 Å². The molecule has 3 aromatic rings. The van der Waals surface area contributed by atoms with Crippen LogP contribution >= 0.6 is 23.1 Å². The van der Waals surface area contributed by atoms with Crippen LogP contribution in [-0.4, -0.2) is 17.1 Å². The van der Waals surface area contributed by atoms with Gasteiger partial charge in [0.25, 0.3) is 11.8 Å². The predicted molar refractivity (Wildman–Crippen MR) is 136 cm³/mol. The van der Waals surface area contributed by atoms with Gasteiger partial charge in [-0.2, -0.15) is 11.8 Å². The number of hydrogen-bond donors (Lipinski definition) is 2. The molecule has 5 nitrogen and oxygen atoms in total. The minimum atomic E-state index is -0.477. The van der Waals surface area contributed by atoms with E-state index in [1.165, 1.54) is 43.4 Å². The van der Waals surface area contributed by atoms with Crippen LogP contribution < -0.4 is 11.1 Å². The molecule has 2 aliphatic rings. The van der Waals surface area contributed by atoms with Crippen LogP contribution in [0.5, 0.6) is 0 Å². The van der Waals surface area contributed by atoms with E-state index in [4.69, 9.17) is 10.2 Å². The summed E-state index contributed by atoms with van der Waals surface area (Å²) in [6.45, 7) is 2.22. The molecule has 7 heteroatoms. The van der Waals surface area contributed by atoms with Gasteiger partial charge in [-0.05, 0) is 49.7 Å². The normalized spacial score (nSPS) is 18.9. The van der Waals surface area contributed by atoms with E-state index in [1.54, 1.807) is 0 Å². The molecule has 0 spiro atoms. The van der Waals surface area contributed by atoms with Gasteiger partial charge in [0.1, 0.15) is 10.6 Å². The molecular weight excluding hydrogens is 452 g/mol. The third-order valence-corrected chi connectivity index (χ3v) is 9.47. The van der Waals surface area contributed by atoms with Gasteiger partial charge in [-0.25, -0.2) is 0 Å². The van der Waals surface area contributed by atoms with Crippen molar-refractivity contribution in [3.8, 4) is 0 Å². The van der Waals surface area contributed by atoms with Crippen molar-refractivity contribution in [2.24, 2.45) is 11.7 Å². The first-order valence-electron chi connectivity index (χ1n) is 11.9. The summed E-state index contributed by atoms with van der Waals surface area (Å²) in [6.07, 6.45) is 9.16. The third kappa shape index (κ3) is 4.58. The number of hydrogen-bond acceptors (Lipinski definition) is 5. The molecule has 2 heterocycles. The Morgan fingerprint density at radius 2 is 1.97 bits per heavy atom. The van der Waals surface area contributed by atoms with E-state index in [9.17, 15) is 9.59 Å². The minimum absolute atomic E-state index is 0.306. The van der Waals surface area contributed by atoms with Crippen LogP contribution in [0.2, 0.25) is 0 Å². The number of primary amides is 1. The maximum absolute atomic E-state index is 13.4. The highest BCUT2D eigenvalue weighted by Gasteiger charge is 2.29. The number of thiophene rings is 1. The monoisotopic (exact) mass is 482 g/mol. The van der Waals surface area contributed by atoms with Crippen LogP contribution in [0.3, 0.4) is 0 Å². The highest BCUT2D eigenvalue weighted by molar-refractivity contribution is 7.99. The Bertz CT molecular complexity index is 1190. The quantitative estimate of drug-likeness (QED) is 0.418. The van der Waals surface area contributed by atoms with Crippen molar-refractivity contribution in [2.75, 3.05) is 5.32 Å². The van der Waals surface area contributed by atoms with Gasteiger partial charge in [-0.1, -0.05) is 44.4 Å². The molecule has 0 saturated heterocycles. The second-order valence-electron chi connectivity index (χ2n) is 9.35. The lowest BCUT2D eigenvalue weighted by Crippen LogP contribution is -2.19. The Kier molecular flexibility index (Phi) is 6.52. The first-order valence-corrected chi connectivity index (χ1v) is 13.8. The number of thioether (sulfide) groups is 1. The molecule has 2 amide bonds. The van der Waals surface area contributed by atoms with Crippen molar-refractivity contribution in [1.29, 1.82) is 0 Å². The lowest BCUT2D eigenvalue weighted by atomic mass is 9.88. The van der Waals surface area contributed by atoms with Gasteiger partial charge < -0.3 is 15.5 Å². The summed E-state index contributed by atoms with van der Waals surface area (Å²) in [5.41, 5.74) is 8.89. The second kappa shape index (κ2) is 9.55. The molecule has 3 N–H and O–H groups in total. The fourth-order valence-electron chi connectivity index (χ4n) is 5.12. The molecule has 1 fully saturated rings. The average molecular weight is 483 g/mol.